The van der Waals surface area contributed by atoms with Crippen LogP contribution in [0.5, 0.6) is 0 Å². The number of aryl methyl sites for hydroxylation is 1. The zero-order valence-corrected chi connectivity index (χ0v) is 11.2. The van der Waals surface area contributed by atoms with Crippen molar-refractivity contribution in [2.75, 3.05) is 13.1 Å². The molecule has 0 amide bonds. The lowest BCUT2D eigenvalue weighted by atomic mass is 9.98. The fourth-order valence-electron chi connectivity index (χ4n) is 2.42. The number of aromatic nitrogens is 4. The van der Waals surface area contributed by atoms with Crippen molar-refractivity contribution in [1.82, 2.24) is 25.5 Å². The van der Waals surface area contributed by atoms with E-state index >= 15 is 0 Å². The Bertz CT molecular complexity index is 525. The van der Waals surface area contributed by atoms with Gasteiger partial charge in [-0.3, -0.25) is 0 Å². The first-order valence-corrected chi connectivity index (χ1v) is 6.85. The third-order valence-electron chi connectivity index (χ3n) is 3.62. The summed E-state index contributed by atoms with van der Waals surface area (Å²) in [5.41, 5.74) is 2.48. The van der Waals surface area contributed by atoms with Crippen molar-refractivity contribution < 1.29 is 0 Å². The van der Waals surface area contributed by atoms with Crippen LogP contribution < -0.4 is 5.32 Å². The highest BCUT2D eigenvalue weighted by Crippen LogP contribution is 2.20. The fraction of sp³-hybridized carbons (Fsp3) is 0.500. The molecule has 1 aromatic heterocycles. The van der Waals surface area contributed by atoms with Crippen LogP contribution in [-0.4, -0.2) is 33.3 Å². The second kappa shape index (κ2) is 5.48. The molecule has 19 heavy (non-hydrogen) atoms. The molecule has 5 heteroatoms. The average Bonchev–Trinajstić information content (AvgIpc) is 2.91. The van der Waals surface area contributed by atoms with E-state index in [9.17, 15) is 0 Å². The van der Waals surface area contributed by atoms with Gasteiger partial charge in [0, 0.05) is 5.92 Å². The summed E-state index contributed by atoms with van der Waals surface area (Å²) in [6.07, 6.45) is 2.21. The van der Waals surface area contributed by atoms with Gasteiger partial charge in [0.05, 0.1) is 6.54 Å². The van der Waals surface area contributed by atoms with E-state index in [4.69, 9.17) is 0 Å². The summed E-state index contributed by atoms with van der Waals surface area (Å²) in [5, 5.41) is 16.2. The number of nitrogens with one attached hydrogen (secondary N) is 1. The maximum absolute atomic E-state index is 4.52. The second-order valence-electron chi connectivity index (χ2n) is 5.19. The van der Waals surface area contributed by atoms with Crippen molar-refractivity contribution in [1.29, 1.82) is 0 Å². The van der Waals surface area contributed by atoms with Crippen LogP contribution in [0, 0.1) is 6.92 Å². The van der Waals surface area contributed by atoms with Crippen molar-refractivity contribution >= 4 is 0 Å². The van der Waals surface area contributed by atoms with Crippen molar-refractivity contribution in [2.45, 2.75) is 32.2 Å². The maximum Gasteiger partial charge on any atom is 0.177 e. The molecular formula is C14H19N5. The lowest BCUT2D eigenvalue weighted by molar-refractivity contribution is 0.442. The second-order valence-corrected chi connectivity index (χ2v) is 5.19. The van der Waals surface area contributed by atoms with E-state index in [0.717, 1.165) is 31.8 Å². The molecule has 1 aliphatic heterocycles. The van der Waals surface area contributed by atoms with Gasteiger partial charge >= 0.3 is 0 Å². The zero-order chi connectivity index (χ0) is 13.1. The number of nitrogens with zero attached hydrogens (tertiary/aromatic N) is 4. The van der Waals surface area contributed by atoms with Gasteiger partial charge in [-0.2, -0.15) is 4.80 Å². The Morgan fingerprint density at radius 3 is 2.68 bits per heavy atom. The molecule has 0 atom stereocenters. The van der Waals surface area contributed by atoms with Crippen molar-refractivity contribution in [2.24, 2.45) is 0 Å². The van der Waals surface area contributed by atoms with E-state index in [1.54, 1.807) is 4.80 Å². The van der Waals surface area contributed by atoms with Gasteiger partial charge in [0.1, 0.15) is 0 Å². The van der Waals surface area contributed by atoms with Crippen LogP contribution >= 0.6 is 0 Å². The Labute approximate surface area is 113 Å². The molecule has 0 radical (unpaired) electrons. The first-order valence-electron chi connectivity index (χ1n) is 6.85. The van der Waals surface area contributed by atoms with E-state index in [-0.39, 0.29) is 0 Å². The normalized spacial score (nSPS) is 16.7. The van der Waals surface area contributed by atoms with E-state index in [0.29, 0.717) is 12.5 Å². The van der Waals surface area contributed by atoms with Crippen LogP contribution in [0.3, 0.4) is 0 Å². The summed E-state index contributed by atoms with van der Waals surface area (Å²) in [4.78, 5) is 1.70. The first kappa shape index (κ1) is 12.3. The summed E-state index contributed by atoms with van der Waals surface area (Å²) in [6.45, 7) is 4.89. The number of benzene rings is 1. The van der Waals surface area contributed by atoms with Gasteiger partial charge in [0.15, 0.2) is 5.82 Å². The van der Waals surface area contributed by atoms with Crippen LogP contribution in [0.15, 0.2) is 24.3 Å². The SMILES string of the molecule is Cc1ccc(Cn2nnc(C3CCNCC3)n2)cc1. The highest BCUT2D eigenvalue weighted by Gasteiger charge is 2.19. The lowest BCUT2D eigenvalue weighted by Crippen LogP contribution is -2.27. The van der Waals surface area contributed by atoms with Gasteiger partial charge in [-0.1, -0.05) is 29.8 Å². The predicted octanol–water partition coefficient (Wildman–Crippen LogP) is 1.50. The molecule has 0 unspecified atom stereocenters. The molecule has 3 rings (SSSR count). The molecule has 1 aromatic carbocycles. The van der Waals surface area contributed by atoms with Crippen molar-refractivity contribution in [3.63, 3.8) is 0 Å². The number of hydrogen-bond donors (Lipinski definition) is 1. The molecule has 1 saturated heterocycles. The van der Waals surface area contributed by atoms with Crippen molar-refractivity contribution in [3.8, 4) is 0 Å². The molecular weight excluding hydrogens is 238 g/mol. The molecule has 1 aliphatic rings. The number of rotatable bonds is 3. The highest BCUT2D eigenvalue weighted by molar-refractivity contribution is 5.21. The molecule has 2 heterocycles. The number of tetrazole rings is 1. The number of piperidine rings is 1. The average molecular weight is 257 g/mol. The Morgan fingerprint density at radius 2 is 1.95 bits per heavy atom. The fourth-order valence-corrected chi connectivity index (χ4v) is 2.42. The van der Waals surface area contributed by atoms with E-state index in [1.165, 1.54) is 11.1 Å². The van der Waals surface area contributed by atoms with Crippen LogP contribution in [-0.2, 0) is 6.54 Å². The predicted molar refractivity (Wildman–Crippen MR) is 72.9 cm³/mol. The monoisotopic (exact) mass is 257 g/mol. The van der Waals surface area contributed by atoms with Crippen LogP contribution in [0.25, 0.3) is 0 Å². The minimum Gasteiger partial charge on any atom is -0.317 e. The summed E-state index contributed by atoms with van der Waals surface area (Å²) < 4.78 is 0. The minimum atomic E-state index is 0.466. The summed E-state index contributed by atoms with van der Waals surface area (Å²) in [5.74, 6) is 1.36. The summed E-state index contributed by atoms with van der Waals surface area (Å²) in [7, 11) is 0. The molecule has 5 nitrogen and oxygen atoms in total. The minimum absolute atomic E-state index is 0.466. The Hall–Kier alpha value is -1.75. The topological polar surface area (TPSA) is 55.6 Å². The zero-order valence-electron chi connectivity index (χ0n) is 11.2. The van der Waals surface area contributed by atoms with Gasteiger partial charge in [-0.05, 0) is 43.6 Å². The quantitative estimate of drug-likeness (QED) is 0.905. The largest absolute Gasteiger partial charge is 0.317 e. The lowest BCUT2D eigenvalue weighted by Gasteiger charge is -2.19. The molecule has 0 aliphatic carbocycles. The standard InChI is InChI=1S/C14H19N5/c1-11-2-4-12(5-3-11)10-19-17-14(16-18-19)13-6-8-15-9-7-13/h2-5,13,15H,6-10H2,1H3. The smallest absolute Gasteiger partial charge is 0.177 e. The van der Waals surface area contributed by atoms with Crippen LogP contribution in [0.1, 0.15) is 35.7 Å². The third kappa shape index (κ3) is 2.98. The Balaban J connectivity index is 1.68. The Morgan fingerprint density at radius 1 is 1.21 bits per heavy atom. The maximum atomic E-state index is 4.52. The van der Waals surface area contributed by atoms with Gasteiger partial charge in [0.25, 0.3) is 0 Å². The third-order valence-corrected chi connectivity index (χ3v) is 3.62. The van der Waals surface area contributed by atoms with Gasteiger partial charge in [0.2, 0.25) is 0 Å². The molecule has 0 bridgehead atoms. The molecule has 0 saturated carbocycles. The van der Waals surface area contributed by atoms with Crippen LogP contribution in [0.2, 0.25) is 0 Å². The van der Waals surface area contributed by atoms with Gasteiger partial charge < -0.3 is 5.32 Å². The summed E-state index contributed by atoms with van der Waals surface area (Å²) >= 11 is 0. The first-order chi connectivity index (χ1) is 9.31. The number of hydrogen-bond acceptors (Lipinski definition) is 4. The Kier molecular flexibility index (Phi) is 3.55. The molecule has 0 spiro atoms. The summed E-state index contributed by atoms with van der Waals surface area (Å²) in [6, 6.07) is 8.45. The molecule has 1 N–H and O–H groups in total. The van der Waals surface area contributed by atoms with E-state index in [2.05, 4.69) is 51.9 Å². The molecule has 2 aromatic rings. The highest BCUT2D eigenvalue weighted by atomic mass is 15.6. The van der Waals surface area contributed by atoms with Crippen LogP contribution in [0.4, 0.5) is 0 Å². The van der Waals surface area contributed by atoms with Crippen molar-refractivity contribution in [3.05, 3.63) is 41.2 Å². The van der Waals surface area contributed by atoms with E-state index in [1.807, 2.05) is 0 Å². The molecule has 100 valence electrons. The van der Waals surface area contributed by atoms with Gasteiger partial charge in [-0.25, -0.2) is 0 Å². The molecule has 1 fully saturated rings. The van der Waals surface area contributed by atoms with Gasteiger partial charge in [-0.15, -0.1) is 10.2 Å². The van der Waals surface area contributed by atoms with E-state index < -0.39 is 0 Å².